The molecule has 0 aliphatic carbocycles. The Bertz CT molecular complexity index is 1020. The Balaban J connectivity index is 1.46. The van der Waals surface area contributed by atoms with Gasteiger partial charge < -0.3 is 19.5 Å². The highest BCUT2D eigenvalue weighted by Crippen LogP contribution is 2.51. The van der Waals surface area contributed by atoms with Crippen LogP contribution in [0.1, 0.15) is 34.8 Å². The molecule has 144 valence electrons. The minimum atomic E-state index is -0.779. The molecule has 4 heterocycles. The van der Waals surface area contributed by atoms with Crippen molar-refractivity contribution in [2.75, 3.05) is 13.2 Å². The van der Waals surface area contributed by atoms with Crippen LogP contribution >= 0.6 is 11.6 Å². The lowest BCUT2D eigenvalue weighted by molar-refractivity contribution is -0.138. The number of H-pyrrole nitrogens is 1. The number of carbonyl (C=O) groups excluding carboxylic acids is 2. The van der Waals surface area contributed by atoms with E-state index in [2.05, 4.69) is 4.98 Å². The number of rotatable bonds is 2. The number of aromatic nitrogens is 1. The molecule has 8 heteroatoms. The molecular weight excluding hydrogens is 382 g/mol. The van der Waals surface area contributed by atoms with Crippen LogP contribution in [0.25, 0.3) is 0 Å². The van der Waals surface area contributed by atoms with Gasteiger partial charge in [-0.1, -0.05) is 41.9 Å². The summed E-state index contributed by atoms with van der Waals surface area (Å²) in [6.07, 6.45) is 2.15. The fourth-order valence-corrected chi connectivity index (χ4v) is 4.93. The summed E-state index contributed by atoms with van der Waals surface area (Å²) in [4.78, 5) is 43.4. The van der Waals surface area contributed by atoms with Gasteiger partial charge in [0.2, 0.25) is 5.91 Å². The number of halogens is 1. The largest absolute Gasteiger partial charge is 0.351 e. The van der Waals surface area contributed by atoms with Crippen molar-refractivity contribution in [2.45, 2.75) is 30.7 Å². The molecule has 3 saturated heterocycles. The van der Waals surface area contributed by atoms with Crippen molar-refractivity contribution >= 4 is 23.4 Å². The Labute approximate surface area is 165 Å². The van der Waals surface area contributed by atoms with Gasteiger partial charge in [0.15, 0.2) is 5.72 Å². The first-order valence-corrected chi connectivity index (χ1v) is 9.59. The first-order chi connectivity index (χ1) is 13.5. The van der Waals surface area contributed by atoms with E-state index in [1.807, 2.05) is 35.2 Å². The molecule has 7 nitrogen and oxygen atoms in total. The van der Waals surface area contributed by atoms with Gasteiger partial charge in [0, 0.05) is 19.2 Å². The Morgan fingerprint density at radius 1 is 1.25 bits per heavy atom. The second-order valence-corrected chi connectivity index (χ2v) is 7.79. The first kappa shape index (κ1) is 17.5. The zero-order chi connectivity index (χ0) is 19.5. The maximum atomic E-state index is 13.1. The molecule has 3 aliphatic rings. The quantitative estimate of drug-likeness (QED) is 0.836. The van der Waals surface area contributed by atoms with Crippen molar-refractivity contribution in [2.24, 2.45) is 0 Å². The third-order valence-corrected chi connectivity index (χ3v) is 6.29. The number of nitrogens with zero attached hydrogens (tertiary/aromatic N) is 2. The number of nitrogens with one attached hydrogen (secondary N) is 1. The Morgan fingerprint density at radius 2 is 2.04 bits per heavy atom. The number of likely N-dealkylation sites (tertiary alicyclic amines) is 1. The molecular formula is C20H18ClN3O4. The molecule has 2 amide bonds. The van der Waals surface area contributed by atoms with Gasteiger partial charge in [-0.15, -0.1) is 0 Å². The maximum Gasteiger partial charge on any atom is 0.266 e. The molecule has 2 aromatic rings. The lowest BCUT2D eigenvalue weighted by Gasteiger charge is -2.33. The summed E-state index contributed by atoms with van der Waals surface area (Å²) in [6.45, 7) is 0.893. The van der Waals surface area contributed by atoms with Crippen LogP contribution in [0.4, 0.5) is 0 Å². The van der Waals surface area contributed by atoms with E-state index in [0.717, 1.165) is 5.56 Å². The van der Waals surface area contributed by atoms with Gasteiger partial charge in [-0.2, -0.15) is 0 Å². The fraction of sp³-hybridized carbons (Fsp3) is 0.350. The predicted molar refractivity (Wildman–Crippen MR) is 101 cm³/mol. The molecule has 0 unspecified atom stereocenters. The molecule has 0 radical (unpaired) electrons. The van der Waals surface area contributed by atoms with Gasteiger partial charge in [-0.05, 0) is 11.6 Å². The minimum Gasteiger partial charge on any atom is -0.351 e. The molecule has 28 heavy (non-hydrogen) atoms. The number of hydrogen-bond donors (Lipinski definition) is 1. The molecule has 3 atom stereocenters. The van der Waals surface area contributed by atoms with Gasteiger partial charge in [-0.3, -0.25) is 14.4 Å². The van der Waals surface area contributed by atoms with Gasteiger partial charge in [-0.25, -0.2) is 0 Å². The average Bonchev–Trinajstić information content (AvgIpc) is 3.33. The summed E-state index contributed by atoms with van der Waals surface area (Å²) in [6, 6.07) is 10.7. The van der Waals surface area contributed by atoms with Crippen LogP contribution < -0.4 is 5.56 Å². The first-order valence-electron chi connectivity index (χ1n) is 9.21. The molecule has 0 bridgehead atoms. The van der Waals surface area contributed by atoms with Crippen LogP contribution in [0.15, 0.2) is 47.4 Å². The number of aromatic amines is 1. The third kappa shape index (κ3) is 2.36. The average molecular weight is 400 g/mol. The molecule has 5 rings (SSSR count). The van der Waals surface area contributed by atoms with Crippen LogP contribution in [0, 0.1) is 0 Å². The number of ether oxygens (including phenoxy) is 1. The zero-order valence-corrected chi connectivity index (χ0v) is 15.7. The van der Waals surface area contributed by atoms with Crippen LogP contribution in [-0.2, 0) is 9.53 Å². The number of benzene rings is 1. The summed E-state index contributed by atoms with van der Waals surface area (Å²) in [5, 5.41) is -0.0369. The van der Waals surface area contributed by atoms with Gasteiger partial charge in [0.05, 0.1) is 30.7 Å². The van der Waals surface area contributed by atoms with E-state index in [4.69, 9.17) is 16.3 Å². The van der Waals surface area contributed by atoms with E-state index in [0.29, 0.717) is 25.1 Å². The van der Waals surface area contributed by atoms with Crippen molar-refractivity contribution in [1.29, 1.82) is 0 Å². The van der Waals surface area contributed by atoms with E-state index in [1.165, 1.54) is 12.3 Å². The van der Waals surface area contributed by atoms with Gasteiger partial charge in [0.25, 0.3) is 11.5 Å². The molecule has 3 fully saturated rings. The lowest BCUT2D eigenvalue weighted by Crippen LogP contribution is -2.49. The Kier molecular flexibility index (Phi) is 3.86. The molecule has 1 N–H and O–H groups in total. The number of hydrogen-bond acceptors (Lipinski definition) is 4. The number of carbonyl (C=O) groups is 2. The summed E-state index contributed by atoms with van der Waals surface area (Å²) in [5.41, 5.74) is 0.109. The summed E-state index contributed by atoms with van der Waals surface area (Å²) < 4.78 is 6.21. The van der Waals surface area contributed by atoms with E-state index in [9.17, 15) is 14.4 Å². The third-order valence-electron chi connectivity index (χ3n) is 6.01. The van der Waals surface area contributed by atoms with Crippen LogP contribution in [0.2, 0.25) is 5.02 Å². The zero-order valence-electron chi connectivity index (χ0n) is 14.9. The topological polar surface area (TPSA) is 82.7 Å². The second kappa shape index (κ2) is 6.18. The van der Waals surface area contributed by atoms with Gasteiger partial charge >= 0.3 is 0 Å². The number of pyridine rings is 1. The lowest BCUT2D eigenvalue weighted by atomic mass is 10.0. The smallest absolute Gasteiger partial charge is 0.266 e. The highest BCUT2D eigenvalue weighted by atomic mass is 35.5. The molecule has 1 spiro atoms. The maximum absolute atomic E-state index is 13.1. The summed E-state index contributed by atoms with van der Waals surface area (Å²) in [7, 11) is 0. The van der Waals surface area contributed by atoms with Crippen molar-refractivity contribution in [3.8, 4) is 0 Å². The van der Waals surface area contributed by atoms with Crippen molar-refractivity contribution in [1.82, 2.24) is 14.8 Å². The number of amides is 2. The standard InChI is InChI=1S/C20H18ClN3O4/c21-14-8-13(10-22-18(14)26)19(27)23-7-6-20-16(23)9-17(25)24(20)15(11-28-20)12-4-2-1-3-5-12/h1-5,8,10,15-16H,6-7,9,11H2,(H,22,26)/t15-,16+,20-/m0/s1. The van der Waals surface area contributed by atoms with Gasteiger partial charge in [0.1, 0.15) is 5.02 Å². The van der Waals surface area contributed by atoms with Crippen LogP contribution in [0.3, 0.4) is 0 Å². The molecule has 0 saturated carbocycles. The van der Waals surface area contributed by atoms with Crippen LogP contribution in [-0.4, -0.2) is 51.5 Å². The molecule has 1 aromatic carbocycles. The molecule has 3 aliphatic heterocycles. The van der Waals surface area contributed by atoms with E-state index < -0.39 is 11.3 Å². The Morgan fingerprint density at radius 3 is 2.79 bits per heavy atom. The predicted octanol–water partition coefficient (Wildman–Crippen LogP) is 1.94. The summed E-state index contributed by atoms with van der Waals surface area (Å²) in [5.74, 6) is -0.269. The van der Waals surface area contributed by atoms with Crippen LogP contribution in [0.5, 0.6) is 0 Å². The Hall–Kier alpha value is -2.64. The summed E-state index contributed by atoms with van der Waals surface area (Å²) >= 11 is 5.87. The second-order valence-electron chi connectivity index (χ2n) is 7.38. The minimum absolute atomic E-state index is 0.00615. The van der Waals surface area contributed by atoms with Crippen molar-refractivity contribution < 1.29 is 14.3 Å². The monoisotopic (exact) mass is 399 g/mol. The highest BCUT2D eigenvalue weighted by molar-refractivity contribution is 6.30. The highest BCUT2D eigenvalue weighted by Gasteiger charge is 2.65. The molecule has 1 aromatic heterocycles. The van der Waals surface area contributed by atoms with Crippen molar-refractivity contribution in [3.05, 3.63) is 69.1 Å². The SMILES string of the molecule is O=C(c1c[nH]c(=O)c(Cl)c1)N1CC[C@@]23OC[C@@H](c4ccccc4)N2C(=O)C[C@@H]13. The normalized spacial score (nSPS) is 28.5. The van der Waals surface area contributed by atoms with Crippen molar-refractivity contribution in [3.63, 3.8) is 0 Å². The van der Waals surface area contributed by atoms with E-state index >= 15 is 0 Å². The fourth-order valence-electron chi connectivity index (χ4n) is 4.75. The van der Waals surface area contributed by atoms with E-state index in [1.54, 1.807) is 4.90 Å². The van der Waals surface area contributed by atoms with E-state index in [-0.39, 0.29) is 35.3 Å².